The first kappa shape index (κ1) is 20.8. The number of halogens is 2. The van der Waals surface area contributed by atoms with E-state index in [-0.39, 0.29) is 11.7 Å². The summed E-state index contributed by atoms with van der Waals surface area (Å²) in [6.07, 6.45) is 1.54. The number of methoxy groups -OCH3 is 1. The molecular formula is C17H16Cl2N4O3S. The molecule has 0 aliphatic heterocycles. The summed E-state index contributed by atoms with van der Waals surface area (Å²) in [6.45, 7) is -0.238. The molecule has 2 rings (SSSR count). The Kier molecular flexibility index (Phi) is 7.66. The van der Waals surface area contributed by atoms with E-state index >= 15 is 0 Å². The number of rotatable bonds is 7. The van der Waals surface area contributed by atoms with Crippen LogP contribution in [0.3, 0.4) is 0 Å². The standard InChI is InChI=1S/C17H16Cl2N4O3S/c1-25-15-6-10(2-5-14(15)26-9-16(20)24)8-21-23-17(27)22-13-4-3-11(18)7-12(13)19/h2-8H,9H2,1H3,(H2,20,24)(H2,22,23,27)/b21-8-. The second kappa shape index (κ2) is 9.96. The van der Waals surface area contributed by atoms with Crippen molar-refractivity contribution < 1.29 is 14.3 Å². The molecule has 0 atom stereocenters. The summed E-state index contributed by atoms with van der Waals surface area (Å²) in [4.78, 5) is 10.8. The summed E-state index contributed by atoms with van der Waals surface area (Å²) < 4.78 is 10.5. The summed E-state index contributed by atoms with van der Waals surface area (Å²) >= 11 is 17.1. The number of hydrogen-bond acceptors (Lipinski definition) is 5. The Labute approximate surface area is 171 Å². The molecule has 142 valence electrons. The van der Waals surface area contributed by atoms with Crippen LogP contribution in [0.5, 0.6) is 11.5 Å². The Morgan fingerprint density at radius 2 is 2.04 bits per heavy atom. The number of benzene rings is 2. The highest BCUT2D eigenvalue weighted by Crippen LogP contribution is 2.27. The molecule has 0 aromatic heterocycles. The fourth-order valence-electron chi connectivity index (χ4n) is 1.94. The van der Waals surface area contributed by atoms with Crippen LogP contribution in [0.15, 0.2) is 41.5 Å². The number of ether oxygens (including phenoxy) is 2. The minimum Gasteiger partial charge on any atom is -0.493 e. The van der Waals surface area contributed by atoms with E-state index in [4.69, 9.17) is 50.6 Å². The van der Waals surface area contributed by atoms with Crippen LogP contribution < -0.4 is 25.9 Å². The number of amides is 1. The number of carbonyl (C=O) groups excluding carboxylic acids is 1. The Morgan fingerprint density at radius 3 is 2.70 bits per heavy atom. The minimum absolute atomic E-state index is 0.238. The van der Waals surface area contributed by atoms with Crippen LogP contribution in [0.1, 0.15) is 5.56 Å². The van der Waals surface area contributed by atoms with Crippen LogP contribution in [0, 0.1) is 0 Å². The predicted octanol–water partition coefficient (Wildman–Crippen LogP) is 3.19. The van der Waals surface area contributed by atoms with Crippen molar-refractivity contribution in [3.8, 4) is 11.5 Å². The van der Waals surface area contributed by atoms with Gasteiger partial charge < -0.3 is 20.5 Å². The fourth-order valence-corrected chi connectivity index (χ4v) is 2.56. The SMILES string of the molecule is COc1cc(/C=N\NC(=S)Nc2ccc(Cl)cc2Cl)ccc1OCC(N)=O. The van der Waals surface area contributed by atoms with Gasteiger partial charge in [0.25, 0.3) is 5.91 Å². The molecule has 7 nitrogen and oxygen atoms in total. The lowest BCUT2D eigenvalue weighted by Gasteiger charge is -2.10. The van der Waals surface area contributed by atoms with Gasteiger partial charge in [0.05, 0.1) is 24.0 Å². The number of hydrogen-bond donors (Lipinski definition) is 3. The molecule has 0 saturated carbocycles. The maximum Gasteiger partial charge on any atom is 0.255 e. The molecule has 0 spiro atoms. The van der Waals surface area contributed by atoms with Crippen molar-refractivity contribution in [2.24, 2.45) is 10.8 Å². The molecule has 2 aromatic carbocycles. The van der Waals surface area contributed by atoms with Gasteiger partial charge in [-0.05, 0) is 54.2 Å². The molecule has 0 heterocycles. The number of hydrazone groups is 1. The first-order valence-corrected chi connectivity index (χ1v) is 8.69. The number of thiocarbonyl (C=S) groups is 1. The van der Waals surface area contributed by atoms with Crippen LogP contribution in [-0.2, 0) is 4.79 Å². The van der Waals surface area contributed by atoms with Gasteiger partial charge in [-0.2, -0.15) is 5.10 Å². The van der Waals surface area contributed by atoms with Crippen LogP contribution in [0.4, 0.5) is 5.69 Å². The van der Waals surface area contributed by atoms with E-state index in [1.807, 2.05) is 0 Å². The molecule has 0 saturated heterocycles. The lowest BCUT2D eigenvalue weighted by Crippen LogP contribution is -2.24. The third kappa shape index (κ3) is 6.59. The summed E-state index contributed by atoms with van der Waals surface area (Å²) in [5, 5.41) is 8.17. The largest absolute Gasteiger partial charge is 0.493 e. The molecule has 0 aliphatic rings. The van der Waals surface area contributed by atoms with Gasteiger partial charge in [-0.1, -0.05) is 23.2 Å². The minimum atomic E-state index is -0.575. The molecule has 10 heteroatoms. The Morgan fingerprint density at radius 1 is 1.26 bits per heavy atom. The predicted molar refractivity (Wildman–Crippen MR) is 111 cm³/mol. The van der Waals surface area contributed by atoms with E-state index < -0.39 is 5.91 Å². The van der Waals surface area contributed by atoms with E-state index in [9.17, 15) is 4.79 Å². The lowest BCUT2D eigenvalue weighted by atomic mass is 10.2. The third-order valence-electron chi connectivity index (χ3n) is 3.12. The van der Waals surface area contributed by atoms with E-state index in [0.29, 0.717) is 27.2 Å². The summed E-state index contributed by atoms with van der Waals surface area (Å²) in [6, 6.07) is 10.1. The monoisotopic (exact) mass is 426 g/mol. The maximum atomic E-state index is 10.8. The summed E-state index contributed by atoms with van der Waals surface area (Å²) in [7, 11) is 1.49. The molecule has 0 aliphatic carbocycles. The maximum absolute atomic E-state index is 10.8. The van der Waals surface area contributed by atoms with Crippen LogP contribution >= 0.6 is 35.4 Å². The van der Waals surface area contributed by atoms with Crippen molar-refractivity contribution in [2.45, 2.75) is 0 Å². The average Bonchev–Trinajstić information content (AvgIpc) is 2.62. The summed E-state index contributed by atoms with van der Waals surface area (Å²) in [5.74, 6) is 0.263. The highest BCUT2D eigenvalue weighted by atomic mass is 35.5. The van der Waals surface area contributed by atoms with Crippen molar-refractivity contribution in [3.05, 3.63) is 52.0 Å². The number of nitrogens with two attached hydrogens (primary N) is 1. The van der Waals surface area contributed by atoms with Gasteiger partial charge in [0.15, 0.2) is 23.2 Å². The third-order valence-corrected chi connectivity index (χ3v) is 3.86. The first-order chi connectivity index (χ1) is 12.9. The molecule has 0 radical (unpaired) electrons. The van der Waals surface area contributed by atoms with Gasteiger partial charge in [0.1, 0.15) is 0 Å². The smallest absolute Gasteiger partial charge is 0.255 e. The normalized spacial score (nSPS) is 10.5. The number of anilines is 1. The van der Waals surface area contributed by atoms with Crippen LogP contribution in [-0.4, -0.2) is 31.0 Å². The molecule has 4 N–H and O–H groups in total. The molecule has 1 amide bonds. The van der Waals surface area contributed by atoms with E-state index in [1.54, 1.807) is 36.4 Å². The van der Waals surface area contributed by atoms with Gasteiger partial charge in [0.2, 0.25) is 0 Å². The molecule has 2 aromatic rings. The van der Waals surface area contributed by atoms with Gasteiger partial charge in [-0.25, -0.2) is 0 Å². The van der Waals surface area contributed by atoms with Crippen molar-refractivity contribution in [1.29, 1.82) is 0 Å². The van der Waals surface area contributed by atoms with Gasteiger partial charge in [-0.15, -0.1) is 0 Å². The molecule has 0 unspecified atom stereocenters. The zero-order valence-corrected chi connectivity index (χ0v) is 16.5. The Hall–Kier alpha value is -2.55. The quantitative estimate of drug-likeness (QED) is 0.357. The fraction of sp³-hybridized carbons (Fsp3) is 0.118. The van der Waals surface area contributed by atoms with E-state index in [0.717, 1.165) is 5.56 Å². The first-order valence-electron chi connectivity index (χ1n) is 7.53. The highest BCUT2D eigenvalue weighted by Gasteiger charge is 2.07. The number of nitrogens with one attached hydrogen (secondary N) is 2. The molecule has 0 bridgehead atoms. The number of carbonyl (C=O) groups is 1. The van der Waals surface area contributed by atoms with Gasteiger partial charge in [0, 0.05) is 5.02 Å². The Bertz CT molecular complexity index is 877. The second-order valence-electron chi connectivity index (χ2n) is 5.11. The van der Waals surface area contributed by atoms with E-state index in [1.165, 1.54) is 13.3 Å². The van der Waals surface area contributed by atoms with Crippen molar-refractivity contribution in [2.75, 3.05) is 19.0 Å². The van der Waals surface area contributed by atoms with Crippen molar-refractivity contribution in [3.63, 3.8) is 0 Å². The highest BCUT2D eigenvalue weighted by molar-refractivity contribution is 7.80. The van der Waals surface area contributed by atoms with Gasteiger partial charge >= 0.3 is 0 Å². The van der Waals surface area contributed by atoms with Crippen LogP contribution in [0.2, 0.25) is 10.0 Å². The lowest BCUT2D eigenvalue weighted by molar-refractivity contribution is -0.119. The van der Waals surface area contributed by atoms with E-state index in [2.05, 4.69) is 15.8 Å². The summed E-state index contributed by atoms with van der Waals surface area (Å²) in [5.41, 5.74) is 9.06. The average molecular weight is 427 g/mol. The molecular weight excluding hydrogens is 411 g/mol. The van der Waals surface area contributed by atoms with Crippen LogP contribution in [0.25, 0.3) is 0 Å². The van der Waals surface area contributed by atoms with Crippen molar-refractivity contribution in [1.82, 2.24) is 5.43 Å². The second-order valence-corrected chi connectivity index (χ2v) is 6.37. The van der Waals surface area contributed by atoms with Gasteiger partial charge in [-0.3, -0.25) is 10.2 Å². The Balaban J connectivity index is 1.96. The molecule has 0 fully saturated rings. The number of primary amides is 1. The zero-order chi connectivity index (χ0) is 19.8. The number of nitrogens with zero attached hydrogens (tertiary/aromatic N) is 1. The zero-order valence-electron chi connectivity index (χ0n) is 14.2. The molecule has 27 heavy (non-hydrogen) atoms. The topological polar surface area (TPSA) is 98.0 Å². The van der Waals surface area contributed by atoms with Crippen molar-refractivity contribution >= 4 is 58.3 Å².